The maximum Gasteiger partial charge on any atom is 0.233 e. The van der Waals surface area contributed by atoms with Crippen molar-refractivity contribution in [1.82, 2.24) is 20.5 Å². The molecule has 2 unspecified atom stereocenters. The number of pyridine rings is 1. The quantitative estimate of drug-likeness (QED) is 0.725. The van der Waals surface area contributed by atoms with Gasteiger partial charge in [-0.15, -0.1) is 10.2 Å². The Kier molecular flexibility index (Phi) is 4.31. The van der Waals surface area contributed by atoms with Gasteiger partial charge in [0.25, 0.3) is 0 Å². The number of rotatable bonds is 3. The molecular weight excluding hydrogens is 359 g/mol. The van der Waals surface area contributed by atoms with Gasteiger partial charge in [0.2, 0.25) is 5.88 Å². The normalized spacial score (nSPS) is 26.9. The molecule has 2 aliphatic heterocycles. The van der Waals surface area contributed by atoms with E-state index in [0.29, 0.717) is 29.6 Å². The van der Waals surface area contributed by atoms with Crippen molar-refractivity contribution in [3.05, 3.63) is 42.7 Å². The number of piperidine rings is 2. The second-order valence-corrected chi connectivity index (χ2v) is 7.59. The second kappa shape index (κ2) is 6.98. The third-order valence-electron chi connectivity index (χ3n) is 5.72. The Bertz CT molecular complexity index is 997. The van der Waals surface area contributed by atoms with Crippen molar-refractivity contribution in [1.29, 1.82) is 0 Å². The molecule has 4 atom stereocenters. The summed E-state index contributed by atoms with van der Waals surface area (Å²) in [5.41, 5.74) is 1.11. The number of ether oxygens (including phenoxy) is 1. The first-order valence-electron chi connectivity index (χ1n) is 9.65. The minimum absolute atomic E-state index is 0.110. The Labute approximate surface area is 161 Å². The number of phenolic OH excluding ortho intramolecular Hbond substituents is 1. The van der Waals surface area contributed by atoms with Crippen molar-refractivity contribution in [3.8, 4) is 22.9 Å². The summed E-state index contributed by atoms with van der Waals surface area (Å²) in [5.74, 6) is 0.416. The lowest BCUT2D eigenvalue weighted by Gasteiger charge is -2.42. The van der Waals surface area contributed by atoms with Gasteiger partial charge in [-0.1, -0.05) is 6.42 Å². The first kappa shape index (κ1) is 17.3. The smallest absolute Gasteiger partial charge is 0.233 e. The fourth-order valence-electron chi connectivity index (χ4n) is 4.28. The van der Waals surface area contributed by atoms with Crippen LogP contribution in [0.4, 0.5) is 4.39 Å². The molecular formula is C21H21FN4O2. The number of halogens is 1. The monoisotopic (exact) mass is 380 g/mol. The lowest BCUT2D eigenvalue weighted by molar-refractivity contribution is 0.00652. The fraction of sp³-hybridized carbons (Fsp3) is 0.381. The second-order valence-electron chi connectivity index (χ2n) is 7.59. The Morgan fingerprint density at radius 3 is 2.89 bits per heavy atom. The molecule has 5 rings (SSSR count). The molecule has 2 aromatic heterocycles. The van der Waals surface area contributed by atoms with E-state index in [1.54, 1.807) is 30.6 Å². The van der Waals surface area contributed by atoms with Crippen LogP contribution in [-0.2, 0) is 0 Å². The summed E-state index contributed by atoms with van der Waals surface area (Å²) >= 11 is 0. The molecule has 2 N–H and O–H groups in total. The SMILES string of the molecule is Oc1cc2cnccc2cc1-c1ccc(O[C@H]2CC3CCCC(N3)[C@H]2F)nn1. The van der Waals surface area contributed by atoms with Crippen molar-refractivity contribution < 1.29 is 14.2 Å². The molecule has 3 aromatic rings. The molecule has 28 heavy (non-hydrogen) atoms. The molecule has 0 spiro atoms. The van der Waals surface area contributed by atoms with Gasteiger partial charge in [0.05, 0.1) is 5.69 Å². The van der Waals surface area contributed by atoms with Crippen molar-refractivity contribution >= 4 is 10.8 Å². The number of aromatic hydroxyl groups is 1. The molecule has 2 aliphatic rings. The molecule has 2 fully saturated rings. The van der Waals surface area contributed by atoms with Gasteiger partial charge in [0.15, 0.2) is 6.17 Å². The van der Waals surface area contributed by atoms with Crippen LogP contribution in [0.25, 0.3) is 22.0 Å². The molecule has 0 amide bonds. The molecule has 0 radical (unpaired) electrons. The van der Waals surface area contributed by atoms with Crippen molar-refractivity contribution in [2.24, 2.45) is 0 Å². The first-order valence-corrected chi connectivity index (χ1v) is 9.65. The average molecular weight is 380 g/mol. The topological polar surface area (TPSA) is 80.2 Å². The van der Waals surface area contributed by atoms with E-state index in [1.165, 1.54) is 0 Å². The Morgan fingerprint density at radius 1 is 1.11 bits per heavy atom. The lowest BCUT2D eigenvalue weighted by Crippen LogP contribution is -2.59. The predicted molar refractivity (Wildman–Crippen MR) is 103 cm³/mol. The van der Waals surface area contributed by atoms with Crippen LogP contribution in [-0.4, -0.2) is 44.6 Å². The van der Waals surface area contributed by atoms with Gasteiger partial charge < -0.3 is 15.2 Å². The number of hydrogen-bond donors (Lipinski definition) is 2. The van der Waals surface area contributed by atoms with Gasteiger partial charge in [-0.2, -0.15) is 0 Å². The van der Waals surface area contributed by atoms with Gasteiger partial charge in [0.1, 0.15) is 11.9 Å². The van der Waals surface area contributed by atoms with Crippen LogP contribution in [0.15, 0.2) is 42.7 Å². The van der Waals surface area contributed by atoms with E-state index in [2.05, 4.69) is 20.5 Å². The number of fused-ring (bicyclic) bond motifs is 3. The molecule has 0 saturated carbocycles. The zero-order valence-electron chi connectivity index (χ0n) is 15.3. The van der Waals surface area contributed by atoms with Crippen LogP contribution in [0, 0.1) is 0 Å². The van der Waals surface area contributed by atoms with Crippen LogP contribution in [0.2, 0.25) is 0 Å². The maximum absolute atomic E-state index is 14.7. The minimum Gasteiger partial charge on any atom is -0.507 e. The third-order valence-corrected chi connectivity index (χ3v) is 5.72. The summed E-state index contributed by atoms with van der Waals surface area (Å²) < 4.78 is 20.5. The highest BCUT2D eigenvalue weighted by Gasteiger charge is 2.41. The molecule has 7 heteroatoms. The Hall–Kier alpha value is -2.80. The largest absolute Gasteiger partial charge is 0.507 e. The zero-order chi connectivity index (χ0) is 19.1. The summed E-state index contributed by atoms with van der Waals surface area (Å²) in [6.45, 7) is 0. The van der Waals surface area contributed by atoms with Crippen LogP contribution in [0.3, 0.4) is 0 Å². The van der Waals surface area contributed by atoms with Crippen LogP contribution in [0.1, 0.15) is 25.7 Å². The van der Waals surface area contributed by atoms with Gasteiger partial charge in [-0.3, -0.25) is 4.98 Å². The molecule has 1 aromatic carbocycles. The summed E-state index contributed by atoms with van der Waals surface area (Å²) in [7, 11) is 0. The minimum atomic E-state index is -1.05. The highest BCUT2D eigenvalue weighted by molar-refractivity contribution is 5.89. The molecule has 0 aliphatic carbocycles. The molecule has 6 nitrogen and oxygen atoms in total. The van der Waals surface area contributed by atoms with Crippen LogP contribution in [0.5, 0.6) is 11.6 Å². The highest BCUT2D eigenvalue weighted by Crippen LogP contribution is 2.33. The highest BCUT2D eigenvalue weighted by atomic mass is 19.1. The van der Waals surface area contributed by atoms with E-state index in [-0.39, 0.29) is 11.8 Å². The average Bonchev–Trinajstić information content (AvgIpc) is 2.72. The van der Waals surface area contributed by atoms with E-state index >= 15 is 0 Å². The summed E-state index contributed by atoms with van der Waals surface area (Å²) in [6, 6.07) is 8.98. The standard InChI is InChI=1S/C21H21FN4O2/c22-21-17-3-1-2-14(24-17)10-19(21)28-20-5-4-16(25-26-20)15-8-12-6-7-23-11-13(12)9-18(15)27/h4-9,11,14,17,19,21,24,27H,1-3,10H2/t14?,17?,19-,21+/m0/s1. The first-order chi connectivity index (χ1) is 13.7. The molecule has 4 heterocycles. The molecule has 144 valence electrons. The van der Waals surface area contributed by atoms with Gasteiger partial charge in [-0.25, -0.2) is 4.39 Å². The summed E-state index contributed by atoms with van der Waals surface area (Å²) in [4.78, 5) is 4.06. The number of benzene rings is 1. The van der Waals surface area contributed by atoms with E-state index in [1.807, 2.05) is 12.1 Å². The van der Waals surface area contributed by atoms with E-state index in [0.717, 1.165) is 30.0 Å². The van der Waals surface area contributed by atoms with E-state index in [9.17, 15) is 9.50 Å². The van der Waals surface area contributed by atoms with Crippen LogP contribution >= 0.6 is 0 Å². The van der Waals surface area contributed by atoms with Gasteiger partial charge in [0, 0.05) is 47.9 Å². The Balaban J connectivity index is 1.37. The summed E-state index contributed by atoms with van der Waals surface area (Å²) in [5, 5.41) is 23.8. The molecule has 2 bridgehead atoms. The van der Waals surface area contributed by atoms with Crippen molar-refractivity contribution in [2.75, 3.05) is 0 Å². The number of nitrogens with zero attached hydrogens (tertiary/aromatic N) is 3. The fourth-order valence-corrected chi connectivity index (χ4v) is 4.28. The number of aromatic nitrogens is 3. The zero-order valence-corrected chi connectivity index (χ0v) is 15.3. The van der Waals surface area contributed by atoms with E-state index in [4.69, 9.17) is 4.74 Å². The summed E-state index contributed by atoms with van der Waals surface area (Å²) in [6.07, 6.45) is 5.46. The van der Waals surface area contributed by atoms with Crippen LogP contribution < -0.4 is 10.1 Å². The number of phenols is 1. The number of hydrogen-bond acceptors (Lipinski definition) is 6. The number of nitrogens with one attached hydrogen (secondary N) is 1. The maximum atomic E-state index is 14.7. The van der Waals surface area contributed by atoms with E-state index < -0.39 is 12.3 Å². The van der Waals surface area contributed by atoms with Crippen molar-refractivity contribution in [2.45, 2.75) is 50.0 Å². The number of alkyl halides is 1. The molecule has 2 saturated heterocycles. The lowest BCUT2D eigenvalue weighted by atomic mass is 9.84. The third kappa shape index (κ3) is 3.16. The van der Waals surface area contributed by atoms with Crippen molar-refractivity contribution in [3.63, 3.8) is 0 Å². The van der Waals surface area contributed by atoms with Gasteiger partial charge >= 0.3 is 0 Å². The van der Waals surface area contributed by atoms with Gasteiger partial charge in [-0.05, 0) is 42.5 Å². The Morgan fingerprint density at radius 2 is 2.04 bits per heavy atom. The predicted octanol–water partition coefficient (Wildman–Crippen LogP) is 3.40.